The minimum absolute atomic E-state index is 0.363. The van der Waals surface area contributed by atoms with Crippen molar-refractivity contribution in [3.63, 3.8) is 0 Å². The standard InChI is InChI=1S/C26H35NO2/c1-4-6-10-20-28-22(3)11-8-7-9-12-23-13-15-24(16-14-23)25-17-18-26(27-21-25)29-19-5-2/h5,9,12-18,21-22H,2,4,6-8,10-11,19-20H2,1,3H3/b12-9+. The lowest BCUT2D eigenvalue weighted by atomic mass is 10.0. The second-order valence-corrected chi connectivity index (χ2v) is 7.33. The lowest BCUT2D eigenvalue weighted by molar-refractivity contribution is 0.0566. The fourth-order valence-corrected chi connectivity index (χ4v) is 3.03. The van der Waals surface area contributed by atoms with E-state index in [9.17, 15) is 0 Å². The Hall–Kier alpha value is -2.39. The summed E-state index contributed by atoms with van der Waals surface area (Å²) >= 11 is 0. The molecule has 156 valence electrons. The molecule has 0 saturated carbocycles. The topological polar surface area (TPSA) is 31.4 Å². The molecule has 3 heteroatoms. The van der Waals surface area contributed by atoms with E-state index in [1.54, 1.807) is 6.08 Å². The van der Waals surface area contributed by atoms with Crippen LogP contribution in [0.1, 0.15) is 57.9 Å². The number of hydrogen-bond acceptors (Lipinski definition) is 3. The number of benzene rings is 1. The highest BCUT2D eigenvalue weighted by atomic mass is 16.5. The minimum Gasteiger partial charge on any atom is -0.473 e. The average Bonchev–Trinajstić information content (AvgIpc) is 2.76. The third-order valence-corrected chi connectivity index (χ3v) is 4.77. The molecule has 1 aromatic heterocycles. The maximum absolute atomic E-state index is 5.85. The third-order valence-electron chi connectivity index (χ3n) is 4.77. The van der Waals surface area contributed by atoms with Crippen LogP contribution in [0.3, 0.4) is 0 Å². The summed E-state index contributed by atoms with van der Waals surface area (Å²) in [5.74, 6) is 0.619. The van der Waals surface area contributed by atoms with Crippen LogP contribution in [0.15, 0.2) is 61.3 Å². The van der Waals surface area contributed by atoms with Crippen molar-refractivity contribution >= 4 is 6.08 Å². The lowest BCUT2D eigenvalue weighted by Crippen LogP contribution is -2.08. The zero-order valence-corrected chi connectivity index (χ0v) is 18.0. The Labute approximate surface area is 176 Å². The third kappa shape index (κ3) is 9.10. The van der Waals surface area contributed by atoms with Crippen molar-refractivity contribution < 1.29 is 9.47 Å². The van der Waals surface area contributed by atoms with Gasteiger partial charge in [-0.3, -0.25) is 0 Å². The van der Waals surface area contributed by atoms with Crippen molar-refractivity contribution in [1.29, 1.82) is 0 Å². The number of allylic oxidation sites excluding steroid dienone is 1. The van der Waals surface area contributed by atoms with Crippen molar-refractivity contribution in [2.75, 3.05) is 13.2 Å². The Morgan fingerprint density at radius 2 is 1.83 bits per heavy atom. The van der Waals surface area contributed by atoms with Crippen molar-refractivity contribution in [1.82, 2.24) is 4.98 Å². The Bertz CT molecular complexity index is 719. The highest BCUT2D eigenvalue weighted by molar-refractivity contribution is 5.65. The van der Waals surface area contributed by atoms with E-state index in [-0.39, 0.29) is 0 Å². The molecule has 0 fully saturated rings. The van der Waals surface area contributed by atoms with Gasteiger partial charge in [-0.15, -0.1) is 0 Å². The van der Waals surface area contributed by atoms with Crippen LogP contribution in [0.25, 0.3) is 17.2 Å². The van der Waals surface area contributed by atoms with Crippen LogP contribution in [-0.4, -0.2) is 24.3 Å². The van der Waals surface area contributed by atoms with E-state index in [0.29, 0.717) is 18.6 Å². The number of unbranched alkanes of at least 4 members (excludes halogenated alkanes) is 3. The summed E-state index contributed by atoms with van der Waals surface area (Å²) in [5, 5.41) is 0. The highest BCUT2D eigenvalue weighted by Crippen LogP contribution is 2.21. The monoisotopic (exact) mass is 393 g/mol. The van der Waals surface area contributed by atoms with Gasteiger partial charge in [0.25, 0.3) is 0 Å². The molecule has 2 rings (SSSR count). The van der Waals surface area contributed by atoms with Gasteiger partial charge in [0.15, 0.2) is 0 Å². The molecule has 1 atom stereocenters. The van der Waals surface area contributed by atoms with E-state index in [0.717, 1.165) is 37.0 Å². The first kappa shape index (κ1) is 22.9. The van der Waals surface area contributed by atoms with E-state index < -0.39 is 0 Å². The first-order valence-electron chi connectivity index (χ1n) is 10.8. The highest BCUT2D eigenvalue weighted by Gasteiger charge is 2.01. The molecule has 0 spiro atoms. The van der Waals surface area contributed by atoms with Gasteiger partial charge in [-0.05, 0) is 49.8 Å². The van der Waals surface area contributed by atoms with Crippen LogP contribution in [0.4, 0.5) is 0 Å². The largest absolute Gasteiger partial charge is 0.473 e. The first-order chi connectivity index (χ1) is 14.2. The summed E-state index contributed by atoms with van der Waals surface area (Å²) < 4.78 is 11.3. The molecule has 0 aliphatic carbocycles. The molecular formula is C26H35NO2. The molecule has 0 aliphatic rings. The van der Waals surface area contributed by atoms with E-state index in [4.69, 9.17) is 9.47 Å². The maximum atomic E-state index is 5.85. The number of ether oxygens (including phenoxy) is 2. The molecule has 1 unspecified atom stereocenters. The van der Waals surface area contributed by atoms with Crippen molar-refractivity contribution in [2.45, 2.75) is 58.5 Å². The summed E-state index contributed by atoms with van der Waals surface area (Å²) in [4.78, 5) is 4.33. The summed E-state index contributed by atoms with van der Waals surface area (Å²) in [6.45, 7) is 9.41. The van der Waals surface area contributed by atoms with E-state index in [2.05, 4.69) is 61.8 Å². The molecule has 0 bridgehead atoms. The normalized spacial score (nSPS) is 12.2. The molecule has 0 amide bonds. The fourth-order valence-electron chi connectivity index (χ4n) is 3.03. The van der Waals surface area contributed by atoms with Gasteiger partial charge < -0.3 is 9.47 Å². The van der Waals surface area contributed by atoms with E-state index >= 15 is 0 Å². The number of rotatable bonds is 14. The van der Waals surface area contributed by atoms with Crippen molar-refractivity contribution in [2.24, 2.45) is 0 Å². The zero-order valence-electron chi connectivity index (χ0n) is 18.0. The Balaban J connectivity index is 1.72. The number of hydrogen-bond donors (Lipinski definition) is 0. The second kappa shape index (κ2) is 13.7. The summed E-state index contributed by atoms with van der Waals surface area (Å²) in [6.07, 6.45) is 15.4. The van der Waals surface area contributed by atoms with Crippen LogP contribution >= 0.6 is 0 Å². The SMILES string of the molecule is C=CCOc1ccc(-c2ccc(/C=C/CCCC(C)OCCCCC)cc2)cn1. The van der Waals surface area contributed by atoms with Crippen LogP contribution < -0.4 is 4.74 Å². The van der Waals surface area contributed by atoms with Crippen LogP contribution in [0, 0.1) is 0 Å². The minimum atomic E-state index is 0.363. The molecular weight excluding hydrogens is 358 g/mol. The molecule has 1 aromatic carbocycles. The van der Waals surface area contributed by atoms with Crippen LogP contribution in [0.5, 0.6) is 5.88 Å². The first-order valence-corrected chi connectivity index (χ1v) is 10.8. The van der Waals surface area contributed by atoms with Gasteiger partial charge in [-0.1, -0.05) is 68.8 Å². The van der Waals surface area contributed by atoms with Crippen molar-refractivity contribution in [3.05, 3.63) is 66.9 Å². The predicted molar refractivity (Wildman–Crippen MR) is 123 cm³/mol. The molecule has 1 heterocycles. The number of pyridine rings is 1. The van der Waals surface area contributed by atoms with Gasteiger partial charge >= 0.3 is 0 Å². The number of aromatic nitrogens is 1. The van der Waals surface area contributed by atoms with Gasteiger partial charge in [-0.2, -0.15) is 0 Å². The smallest absolute Gasteiger partial charge is 0.213 e. The lowest BCUT2D eigenvalue weighted by Gasteiger charge is -2.12. The Morgan fingerprint density at radius 1 is 1.03 bits per heavy atom. The molecule has 0 N–H and O–H groups in total. The van der Waals surface area contributed by atoms with Gasteiger partial charge in [0.2, 0.25) is 5.88 Å². The van der Waals surface area contributed by atoms with E-state index in [1.165, 1.54) is 24.8 Å². The summed E-state index contributed by atoms with van der Waals surface area (Å²) in [7, 11) is 0. The molecule has 2 aromatic rings. The average molecular weight is 394 g/mol. The molecule has 0 saturated heterocycles. The predicted octanol–water partition coefficient (Wildman–Crippen LogP) is 7.09. The second-order valence-electron chi connectivity index (χ2n) is 7.33. The Kier molecular flexibility index (Phi) is 10.8. The molecule has 29 heavy (non-hydrogen) atoms. The zero-order chi connectivity index (χ0) is 20.7. The van der Waals surface area contributed by atoms with Gasteiger partial charge in [0, 0.05) is 24.4 Å². The quantitative estimate of drug-likeness (QED) is 0.253. The maximum Gasteiger partial charge on any atom is 0.213 e. The molecule has 0 radical (unpaired) electrons. The van der Waals surface area contributed by atoms with Crippen LogP contribution in [0.2, 0.25) is 0 Å². The van der Waals surface area contributed by atoms with Crippen molar-refractivity contribution in [3.8, 4) is 17.0 Å². The van der Waals surface area contributed by atoms with Crippen LogP contribution in [-0.2, 0) is 4.74 Å². The van der Waals surface area contributed by atoms with Gasteiger partial charge in [-0.25, -0.2) is 4.98 Å². The Morgan fingerprint density at radius 3 is 2.52 bits per heavy atom. The summed E-state index contributed by atoms with van der Waals surface area (Å²) in [5.41, 5.74) is 3.45. The molecule has 3 nitrogen and oxygen atoms in total. The van der Waals surface area contributed by atoms with E-state index in [1.807, 2.05) is 18.3 Å². The fraction of sp³-hybridized carbons (Fsp3) is 0.423. The van der Waals surface area contributed by atoms with Gasteiger partial charge in [0.1, 0.15) is 6.61 Å². The van der Waals surface area contributed by atoms with Gasteiger partial charge in [0.05, 0.1) is 6.10 Å². The number of nitrogens with zero attached hydrogens (tertiary/aromatic N) is 1. The molecule has 0 aliphatic heterocycles. The summed E-state index contributed by atoms with van der Waals surface area (Å²) in [6, 6.07) is 12.5.